The van der Waals surface area contributed by atoms with Crippen LogP contribution in [0.5, 0.6) is 0 Å². The third kappa shape index (κ3) is 2.11. The predicted molar refractivity (Wildman–Crippen MR) is 72.8 cm³/mol. The fourth-order valence-corrected chi connectivity index (χ4v) is 2.17. The van der Waals surface area contributed by atoms with Gasteiger partial charge in [-0.15, -0.1) is 0 Å². The van der Waals surface area contributed by atoms with Crippen molar-refractivity contribution in [2.45, 2.75) is 13.8 Å². The van der Waals surface area contributed by atoms with E-state index in [4.69, 9.17) is 5.73 Å². The van der Waals surface area contributed by atoms with E-state index in [0.29, 0.717) is 15.8 Å². The Morgan fingerprint density at radius 3 is 2.47 bits per heavy atom. The minimum absolute atomic E-state index is 0.351. The van der Waals surface area contributed by atoms with Gasteiger partial charge >= 0.3 is 0 Å². The van der Waals surface area contributed by atoms with E-state index in [2.05, 4.69) is 37.0 Å². The van der Waals surface area contributed by atoms with Crippen molar-refractivity contribution in [1.29, 1.82) is 0 Å². The molecule has 2 N–H and O–H groups in total. The summed E-state index contributed by atoms with van der Waals surface area (Å²) >= 11 is 6.59. The summed E-state index contributed by atoms with van der Waals surface area (Å²) in [5.41, 5.74) is 8.61. The van der Waals surface area contributed by atoms with Gasteiger partial charge in [0.05, 0.1) is 31.7 Å². The SMILES string of the molecule is Cc1nn(-c2cc(Br)c(F)cc2N)c(C)c1Br. The van der Waals surface area contributed by atoms with Crippen molar-refractivity contribution in [3.05, 3.63) is 38.3 Å². The van der Waals surface area contributed by atoms with E-state index in [1.807, 2.05) is 13.8 Å². The molecule has 2 rings (SSSR count). The van der Waals surface area contributed by atoms with Gasteiger partial charge in [0.1, 0.15) is 5.82 Å². The lowest BCUT2D eigenvalue weighted by Gasteiger charge is -2.09. The number of nitrogens with zero attached hydrogens (tertiary/aromatic N) is 2. The number of nitrogen functional groups attached to an aromatic ring is 1. The van der Waals surface area contributed by atoms with Crippen LogP contribution in [0.25, 0.3) is 5.69 Å². The second-order valence-electron chi connectivity index (χ2n) is 3.72. The number of aromatic nitrogens is 2. The number of hydrogen-bond acceptors (Lipinski definition) is 2. The van der Waals surface area contributed by atoms with Crippen LogP contribution in [0.2, 0.25) is 0 Å². The molecule has 0 fully saturated rings. The number of hydrogen-bond donors (Lipinski definition) is 1. The monoisotopic (exact) mass is 361 g/mol. The molecule has 0 saturated heterocycles. The molecule has 6 heteroatoms. The topological polar surface area (TPSA) is 43.8 Å². The molecule has 90 valence electrons. The standard InChI is InChI=1S/C11H10Br2FN3/c1-5-11(13)6(2)17(16-5)10-3-7(12)8(14)4-9(10)15/h3-4H,15H2,1-2H3. The Labute approximate surface area is 115 Å². The Balaban J connectivity index is 2.68. The zero-order chi connectivity index (χ0) is 12.7. The van der Waals surface area contributed by atoms with Gasteiger partial charge < -0.3 is 5.73 Å². The van der Waals surface area contributed by atoms with Crippen molar-refractivity contribution in [2.24, 2.45) is 0 Å². The molecule has 2 aromatic rings. The van der Waals surface area contributed by atoms with E-state index < -0.39 is 0 Å². The van der Waals surface area contributed by atoms with Crippen molar-refractivity contribution < 1.29 is 4.39 Å². The van der Waals surface area contributed by atoms with Gasteiger partial charge in [-0.3, -0.25) is 0 Å². The number of benzene rings is 1. The minimum atomic E-state index is -0.383. The van der Waals surface area contributed by atoms with Crippen molar-refractivity contribution >= 4 is 37.5 Å². The largest absolute Gasteiger partial charge is 0.397 e. The first-order valence-electron chi connectivity index (χ1n) is 4.88. The first-order chi connectivity index (χ1) is 7.91. The maximum absolute atomic E-state index is 13.3. The summed E-state index contributed by atoms with van der Waals surface area (Å²) in [7, 11) is 0. The minimum Gasteiger partial charge on any atom is -0.397 e. The van der Waals surface area contributed by atoms with E-state index in [1.165, 1.54) is 6.07 Å². The zero-order valence-electron chi connectivity index (χ0n) is 9.26. The average Bonchev–Trinajstić information content (AvgIpc) is 2.51. The highest BCUT2D eigenvalue weighted by molar-refractivity contribution is 9.10. The number of aryl methyl sites for hydroxylation is 1. The summed E-state index contributed by atoms with van der Waals surface area (Å²) in [6, 6.07) is 2.90. The van der Waals surface area contributed by atoms with Crippen LogP contribution in [-0.4, -0.2) is 9.78 Å². The van der Waals surface area contributed by atoms with E-state index in [1.54, 1.807) is 10.7 Å². The molecule has 0 spiro atoms. The summed E-state index contributed by atoms with van der Waals surface area (Å²) in [6.07, 6.45) is 0. The molecule has 1 aromatic heterocycles. The number of halogens is 3. The number of rotatable bonds is 1. The molecule has 17 heavy (non-hydrogen) atoms. The Morgan fingerprint density at radius 2 is 1.94 bits per heavy atom. The van der Waals surface area contributed by atoms with Crippen molar-refractivity contribution in [3.8, 4) is 5.69 Å². The highest BCUT2D eigenvalue weighted by atomic mass is 79.9. The maximum Gasteiger partial charge on any atom is 0.139 e. The molecule has 0 aliphatic rings. The third-order valence-electron chi connectivity index (χ3n) is 2.50. The number of nitrogens with two attached hydrogens (primary N) is 1. The maximum atomic E-state index is 13.3. The zero-order valence-corrected chi connectivity index (χ0v) is 12.4. The molecule has 0 unspecified atom stereocenters. The van der Waals surface area contributed by atoms with Crippen LogP contribution in [0.3, 0.4) is 0 Å². The predicted octanol–water partition coefficient (Wildman–Crippen LogP) is 3.74. The van der Waals surface area contributed by atoms with Gasteiger partial charge in [0.15, 0.2) is 0 Å². The van der Waals surface area contributed by atoms with Crippen LogP contribution < -0.4 is 5.73 Å². The Bertz CT molecular complexity index is 593. The molecular weight excluding hydrogens is 353 g/mol. The molecule has 0 bridgehead atoms. The molecular formula is C11H10Br2FN3. The van der Waals surface area contributed by atoms with E-state index in [9.17, 15) is 4.39 Å². The van der Waals surface area contributed by atoms with Gasteiger partial charge in [-0.2, -0.15) is 5.10 Å². The molecule has 0 aliphatic heterocycles. The second kappa shape index (κ2) is 4.42. The van der Waals surface area contributed by atoms with Gasteiger partial charge in [-0.05, 0) is 51.8 Å². The molecule has 1 aromatic carbocycles. The van der Waals surface area contributed by atoms with Crippen LogP contribution in [-0.2, 0) is 0 Å². The van der Waals surface area contributed by atoms with E-state index in [0.717, 1.165) is 15.9 Å². The van der Waals surface area contributed by atoms with Gasteiger partial charge in [0, 0.05) is 6.07 Å². The fourth-order valence-electron chi connectivity index (χ4n) is 1.59. The third-order valence-corrected chi connectivity index (χ3v) is 4.26. The van der Waals surface area contributed by atoms with Gasteiger partial charge in [-0.1, -0.05) is 0 Å². The highest BCUT2D eigenvalue weighted by Crippen LogP contribution is 2.29. The smallest absolute Gasteiger partial charge is 0.139 e. The molecule has 1 heterocycles. The van der Waals surface area contributed by atoms with Crippen LogP contribution >= 0.6 is 31.9 Å². The summed E-state index contributed by atoms with van der Waals surface area (Å²) < 4.78 is 16.3. The summed E-state index contributed by atoms with van der Waals surface area (Å²) in [5, 5.41) is 4.36. The average molecular weight is 363 g/mol. The van der Waals surface area contributed by atoms with Crippen LogP contribution in [0.1, 0.15) is 11.4 Å². The lowest BCUT2D eigenvalue weighted by Crippen LogP contribution is -2.04. The summed E-state index contributed by atoms with van der Waals surface area (Å²) in [6.45, 7) is 3.81. The van der Waals surface area contributed by atoms with E-state index >= 15 is 0 Å². The molecule has 0 amide bonds. The second-order valence-corrected chi connectivity index (χ2v) is 5.37. The van der Waals surface area contributed by atoms with Crippen molar-refractivity contribution in [1.82, 2.24) is 9.78 Å². The highest BCUT2D eigenvalue weighted by Gasteiger charge is 2.14. The van der Waals surface area contributed by atoms with Crippen LogP contribution in [0.15, 0.2) is 21.1 Å². The van der Waals surface area contributed by atoms with Crippen molar-refractivity contribution in [2.75, 3.05) is 5.73 Å². The summed E-state index contributed by atoms with van der Waals surface area (Å²) in [5.74, 6) is -0.383. The molecule has 0 saturated carbocycles. The fraction of sp³-hybridized carbons (Fsp3) is 0.182. The summed E-state index contributed by atoms with van der Waals surface area (Å²) in [4.78, 5) is 0. The van der Waals surface area contributed by atoms with E-state index in [-0.39, 0.29) is 5.82 Å². The molecule has 0 atom stereocenters. The van der Waals surface area contributed by atoms with Crippen LogP contribution in [0, 0.1) is 19.7 Å². The van der Waals surface area contributed by atoms with Crippen molar-refractivity contribution in [3.63, 3.8) is 0 Å². The number of anilines is 1. The van der Waals surface area contributed by atoms with Gasteiger partial charge in [0.25, 0.3) is 0 Å². The van der Waals surface area contributed by atoms with Gasteiger partial charge in [-0.25, -0.2) is 9.07 Å². The first kappa shape index (κ1) is 12.6. The Morgan fingerprint density at radius 1 is 1.29 bits per heavy atom. The first-order valence-corrected chi connectivity index (χ1v) is 6.47. The Kier molecular flexibility index (Phi) is 3.27. The molecule has 3 nitrogen and oxygen atoms in total. The lowest BCUT2D eigenvalue weighted by molar-refractivity contribution is 0.621. The quantitative estimate of drug-likeness (QED) is 0.785. The Hall–Kier alpha value is -0.880. The lowest BCUT2D eigenvalue weighted by atomic mass is 10.2. The van der Waals surface area contributed by atoms with Crippen LogP contribution in [0.4, 0.5) is 10.1 Å². The normalized spacial score (nSPS) is 10.9. The molecule has 0 radical (unpaired) electrons. The molecule has 0 aliphatic carbocycles. The van der Waals surface area contributed by atoms with Gasteiger partial charge in [0.2, 0.25) is 0 Å².